The van der Waals surface area contributed by atoms with Crippen molar-refractivity contribution in [1.82, 2.24) is 16.0 Å². The minimum Gasteiger partial charge on any atom is -0.480 e. The van der Waals surface area contributed by atoms with E-state index in [2.05, 4.69) is 20.9 Å². The first kappa shape index (κ1) is 27.1. The molecule has 172 valence electrons. The van der Waals surface area contributed by atoms with Crippen LogP contribution in [0.25, 0.3) is 0 Å². The van der Waals surface area contributed by atoms with Crippen molar-refractivity contribution in [3.8, 4) is 0 Å². The lowest BCUT2D eigenvalue weighted by Crippen LogP contribution is -2.58. The summed E-state index contributed by atoms with van der Waals surface area (Å²) in [6.45, 7) is 4.24. The number of hydrogen-bond acceptors (Lipinski definition) is 7. The first-order chi connectivity index (χ1) is 13.9. The van der Waals surface area contributed by atoms with Gasteiger partial charge in [-0.2, -0.15) is 0 Å². The van der Waals surface area contributed by atoms with Crippen LogP contribution in [0.15, 0.2) is 4.99 Å². The van der Waals surface area contributed by atoms with Gasteiger partial charge in [-0.05, 0) is 25.7 Å². The van der Waals surface area contributed by atoms with Crippen molar-refractivity contribution in [2.75, 3.05) is 13.2 Å². The van der Waals surface area contributed by atoms with Gasteiger partial charge in [-0.3, -0.25) is 24.2 Å². The van der Waals surface area contributed by atoms with Gasteiger partial charge in [-0.1, -0.05) is 13.8 Å². The summed E-state index contributed by atoms with van der Waals surface area (Å²) in [6.07, 6.45) is 0.446. The summed E-state index contributed by atoms with van der Waals surface area (Å²) in [4.78, 5) is 51.9. The first-order valence-corrected chi connectivity index (χ1v) is 9.46. The SMILES string of the molecule is CC(NC(=O)C(CCCN=C(N)N)NC(=O)C(NC(=O)C(N)CO)C(C)C)C(=O)O. The van der Waals surface area contributed by atoms with Crippen LogP contribution in [0.1, 0.15) is 33.6 Å². The van der Waals surface area contributed by atoms with Crippen molar-refractivity contribution in [2.45, 2.75) is 57.8 Å². The minimum atomic E-state index is -1.24. The lowest BCUT2D eigenvalue weighted by Gasteiger charge is -2.26. The van der Waals surface area contributed by atoms with E-state index in [9.17, 15) is 19.2 Å². The van der Waals surface area contributed by atoms with E-state index < -0.39 is 54.5 Å². The minimum absolute atomic E-state index is 0.121. The molecular formula is C17H33N7O6. The van der Waals surface area contributed by atoms with Gasteiger partial charge in [-0.25, -0.2) is 0 Å². The number of nitrogens with zero attached hydrogens (tertiary/aromatic N) is 1. The summed E-state index contributed by atoms with van der Waals surface area (Å²) in [5.74, 6) is -3.80. The van der Waals surface area contributed by atoms with Crippen molar-refractivity contribution in [3.05, 3.63) is 0 Å². The van der Waals surface area contributed by atoms with Crippen LogP contribution >= 0.6 is 0 Å². The number of carboxylic acid groups (broad SMARTS) is 1. The molecule has 0 aromatic carbocycles. The molecule has 0 radical (unpaired) electrons. The van der Waals surface area contributed by atoms with Gasteiger partial charge in [-0.15, -0.1) is 0 Å². The van der Waals surface area contributed by atoms with E-state index in [1.165, 1.54) is 6.92 Å². The van der Waals surface area contributed by atoms with E-state index in [4.69, 9.17) is 27.4 Å². The Morgan fingerprint density at radius 3 is 2.03 bits per heavy atom. The molecule has 11 N–H and O–H groups in total. The Hall–Kier alpha value is -2.93. The molecule has 0 rings (SSSR count). The average molecular weight is 431 g/mol. The van der Waals surface area contributed by atoms with Gasteiger partial charge in [0, 0.05) is 6.54 Å². The smallest absolute Gasteiger partial charge is 0.325 e. The molecule has 4 atom stereocenters. The molecule has 0 fully saturated rings. The number of nitrogens with two attached hydrogens (primary N) is 3. The molecule has 0 spiro atoms. The molecule has 13 heteroatoms. The second-order valence-electron chi connectivity index (χ2n) is 7.10. The van der Waals surface area contributed by atoms with Crippen LogP contribution in [0.3, 0.4) is 0 Å². The number of rotatable bonds is 13. The standard InChI is InChI=1S/C17H33N7O6/c1-8(2)12(24-13(26)10(18)7-25)15(28)23-11(5-4-6-21-17(19)20)14(27)22-9(3)16(29)30/h8-12,25H,4-7,18H2,1-3H3,(H,22,27)(H,23,28)(H,24,26)(H,29,30)(H4,19,20,21). The van der Waals surface area contributed by atoms with E-state index in [1.54, 1.807) is 13.8 Å². The Labute approximate surface area is 174 Å². The third-order valence-electron chi connectivity index (χ3n) is 4.09. The third-order valence-corrected chi connectivity index (χ3v) is 4.09. The number of nitrogens with one attached hydrogen (secondary N) is 3. The maximum Gasteiger partial charge on any atom is 0.325 e. The zero-order chi connectivity index (χ0) is 23.4. The second kappa shape index (κ2) is 13.3. The molecule has 0 aliphatic heterocycles. The molecule has 3 amide bonds. The van der Waals surface area contributed by atoms with E-state index in [0.717, 1.165) is 0 Å². The molecule has 13 nitrogen and oxygen atoms in total. The summed E-state index contributed by atoms with van der Waals surface area (Å²) >= 11 is 0. The Kier molecular flexibility index (Phi) is 12.0. The highest BCUT2D eigenvalue weighted by atomic mass is 16.4. The summed E-state index contributed by atoms with van der Waals surface area (Å²) < 4.78 is 0. The molecule has 0 heterocycles. The number of aliphatic carboxylic acids is 1. The number of hydrogen-bond donors (Lipinski definition) is 8. The average Bonchev–Trinajstić information content (AvgIpc) is 2.66. The molecule has 0 saturated heterocycles. The number of carbonyl (C=O) groups is 4. The Morgan fingerprint density at radius 2 is 1.57 bits per heavy atom. The number of aliphatic imine (C=N–C) groups is 1. The molecule has 4 unspecified atom stereocenters. The highest BCUT2D eigenvalue weighted by Crippen LogP contribution is 2.06. The van der Waals surface area contributed by atoms with Gasteiger partial charge < -0.3 is 43.4 Å². The molecule has 30 heavy (non-hydrogen) atoms. The summed E-state index contributed by atoms with van der Waals surface area (Å²) in [6, 6.07) is -4.48. The van der Waals surface area contributed by atoms with Crippen LogP contribution in [0.2, 0.25) is 0 Å². The van der Waals surface area contributed by atoms with Crippen molar-refractivity contribution in [2.24, 2.45) is 28.1 Å². The molecule has 0 aliphatic rings. The van der Waals surface area contributed by atoms with Crippen LogP contribution in [-0.4, -0.2) is 77.2 Å². The number of aliphatic hydroxyl groups excluding tert-OH is 1. The maximum atomic E-state index is 12.7. The van der Waals surface area contributed by atoms with Crippen LogP contribution in [-0.2, 0) is 19.2 Å². The monoisotopic (exact) mass is 431 g/mol. The van der Waals surface area contributed by atoms with E-state index >= 15 is 0 Å². The lowest BCUT2D eigenvalue weighted by molar-refractivity contribution is -0.142. The molecule has 0 aromatic rings. The predicted molar refractivity (Wildman–Crippen MR) is 109 cm³/mol. The van der Waals surface area contributed by atoms with Crippen LogP contribution in [0.4, 0.5) is 0 Å². The Bertz CT molecular complexity index is 636. The van der Waals surface area contributed by atoms with Crippen LogP contribution in [0.5, 0.6) is 0 Å². The van der Waals surface area contributed by atoms with Crippen molar-refractivity contribution >= 4 is 29.7 Å². The molecule has 0 aliphatic carbocycles. The van der Waals surface area contributed by atoms with Gasteiger partial charge in [0.15, 0.2) is 5.96 Å². The predicted octanol–water partition coefficient (Wildman–Crippen LogP) is -3.43. The number of guanidine groups is 1. The van der Waals surface area contributed by atoms with Gasteiger partial charge in [0.1, 0.15) is 24.2 Å². The second-order valence-corrected chi connectivity index (χ2v) is 7.10. The Morgan fingerprint density at radius 1 is 0.967 bits per heavy atom. The van der Waals surface area contributed by atoms with Crippen molar-refractivity contribution < 1.29 is 29.4 Å². The number of amides is 3. The summed E-state index contributed by atoms with van der Waals surface area (Å²) in [5, 5.41) is 25.2. The fraction of sp³-hybridized carbons (Fsp3) is 0.706. The van der Waals surface area contributed by atoms with Gasteiger partial charge in [0.25, 0.3) is 0 Å². The van der Waals surface area contributed by atoms with E-state index in [0.29, 0.717) is 6.42 Å². The lowest BCUT2D eigenvalue weighted by atomic mass is 10.0. The largest absolute Gasteiger partial charge is 0.480 e. The fourth-order valence-corrected chi connectivity index (χ4v) is 2.29. The van der Waals surface area contributed by atoms with Gasteiger partial charge >= 0.3 is 5.97 Å². The third kappa shape index (κ3) is 10.0. The number of carboxylic acids is 1. The highest BCUT2D eigenvalue weighted by molar-refractivity contribution is 5.94. The highest BCUT2D eigenvalue weighted by Gasteiger charge is 2.30. The van der Waals surface area contributed by atoms with Crippen LogP contribution < -0.4 is 33.2 Å². The summed E-state index contributed by atoms with van der Waals surface area (Å²) in [7, 11) is 0. The number of carbonyl (C=O) groups excluding carboxylic acids is 3. The molecular weight excluding hydrogens is 398 g/mol. The molecule has 0 aromatic heterocycles. The van der Waals surface area contributed by atoms with Gasteiger partial charge in [0.2, 0.25) is 17.7 Å². The zero-order valence-electron chi connectivity index (χ0n) is 17.4. The molecule has 0 bridgehead atoms. The number of aliphatic hydroxyl groups is 1. The zero-order valence-corrected chi connectivity index (χ0v) is 17.4. The van der Waals surface area contributed by atoms with E-state index in [-0.39, 0.29) is 24.8 Å². The van der Waals surface area contributed by atoms with Gasteiger partial charge in [0.05, 0.1) is 6.61 Å². The topological polar surface area (TPSA) is 235 Å². The summed E-state index contributed by atoms with van der Waals surface area (Å²) in [5.41, 5.74) is 16.0. The Balaban J connectivity index is 5.31. The fourth-order valence-electron chi connectivity index (χ4n) is 2.29. The normalized spacial score (nSPS) is 14.7. The van der Waals surface area contributed by atoms with Crippen molar-refractivity contribution in [1.29, 1.82) is 0 Å². The quantitative estimate of drug-likeness (QED) is 0.0821. The first-order valence-electron chi connectivity index (χ1n) is 9.46. The maximum absolute atomic E-state index is 12.7. The molecule has 0 saturated carbocycles. The van der Waals surface area contributed by atoms with E-state index in [1.807, 2.05) is 0 Å². The van der Waals surface area contributed by atoms with Crippen molar-refractivity contribution in [3.63, 3.8) is 0 Å². The van der Waals surface area contributed by atoms with Crippen LogP contribution in [0, 0.1) is 5.92 Å².